The Balaban J connectivity index is 2.62. The van der Waals surface area contributed by atoms with Crippen LogP contribution in [0.4, 0.5) is 0 Å². The Kier molecular flexibility index (Phi) is 6.67. The number of benzene rings is 1. The van der Waals surface area contributed by atoms with E-state index in [1.807, 2.05) is 30.3 Å². The lowest BCUT2D eigenvalue weighted by molar-refractivity contribution is -0.131. The van der Waals surface area contributed by atoms with Crippen molar-refractivity contribution in [2.45, 2.75) is 19.4 Å². The summed E-state index contributed by atoms with van der Waals surface area (Å²) in [7, 11) is 0. The minimum atomic E-state index is -1.08. The molecule has 0 fully saturated rings. The first-order valence-electron chi connectivity index (χ1n) is 6.47. The van der Waals surface area contributed by atoms with Crippen molar-refractivity contribution in [3.63, 3.8) is 0 Å². The minimum Gasteiger partial charge on any atom is -0.478 e. The van der Waals surface area contributed by atoms with Crippen LogP contribution in [0.2, 0.25) is 0 Å². The molecule has 1 unspecified atom stereocenters. The molecule has 0 aliphatic rings. The van der Waals surface area contributed by atoms with Gasteiger partial charge in [0.25, 0.3) is 0 Å². The molecule has 0 spiro atoms. The number of carbonyl (C=O) groups excluding carboxylic acids is 2. The van der Waals surface area contributed by atoms with Crippen LogP contribution < -0.4 is 10.6 Å². The summed E-state index contributed by atoms with van der Waals surface area (Å²) >= 11 is 0. The van der Waals surface area contributed by atoms with Crippen LogP contribution in [0.1, 0.15) is 12.5 Å². The number of nitrogens with one attached hydrogen (secondary N) is 2. The monoisotopic (exact) mass is 290 g/mol. The summed E-state index contributed by atoms with van der Waals surface area (Å²) in [5.74, 6) is -1.73. The molecule has 6 heteroatoms. The van der Waals surface area contributed by atoms with E-state index in [1.165, 1.54) is 13.0 Å². The lowest BCUT2D eigenvalue weighted by atomic mass is 10.1. The predicted molar refractivity (Wildman–Crippen MR) is 77.5 cm³/mol. The number of aliphatic carboxylic acids is 1. The fourth-order valence-electron chi connectivity index (χ4n) is 1.75. The molecule has 112 valence electrons. The molecule has 1 atom stereocenters. The first-order chi connectivity index (χ1) is 9.99. The Morgan fingerprint density at radius 3 is 2.48 bits per heavy atom. The quantitative estimate of drug-likeness (QED) is 0.637. The molecule has 1 rings (SSSR count). The first kappa shape index (κ1) is 16.4. The Bertz CT molecular complexity index is 526. The molecular weight excluding hydrogens is 272 g/mol. The normalized spacial score (nSPS) is 11.9. The molecule has 3 N–H and O–H groups in total. The Hall–Kier alpha value is -2.63. The van der Waals surface area contributed by atoms with Gasteiger partial charge in [-0.15, -0.1) is 0 Å². The van der Waals surface area contributed by atoms with Crippen LogP contribution in [-0.2, 0) is 20.8 Å². The molecule has 21 heavy (non-hydrogen) atoms. The highest BCUT2D eigenvalue weighted by Gasteiger charge is 2.19. The number of hydrogen-bond donors (Lipinski definition) is 3. The van der Waals surface area contributed by atoms with Crippen molar-refractivity contribution in [3.8, 4) is 0 Å². The molecule has 0 radical (unpaired) electrons. The van der Waals surface area contributed by atoms with Gasteiger partial charge in [-0.05, 0) is 5.56 Å². The molecule has 1 aromatic carbocycles. The van der Waals surface area contributed by atoms with Crippen molar-refractivity contribution in [2.75, 3.05) is 6.54 Å². The van der Waals surface area contributed by atoms with E-state index in [1.54, 1.807) is 0 Å². The highest BCUT2D eigenvalue weighted by molar-refractivity contribution is 5.87. The van der Waals surface area contributed by atoms with E-state index in [2.05, 4.69) is 10.6 Å². The van der Waals surface area contributed by atoms with Crippen molar-refractivity contribution < 1.29 is 19.5 Å². The van der Waals surface area contributed by atoms with E-state index in [9.17, 15) is 14.4 Å². The van der Waals surface area contributed by atoms with Gasteiger partial charge in [0.2, 0.25) is 11.8 Å². The molecule has 0 aliphatic heterocycles. The molecule has 2 amide bonds. The van der Waals surface area contributed by atoms with Crippen LogP contribution in [-0.4, -0.2) is 35.5 Å². The smallest absolute Gasteiger partial charge is 0.328 e. The van der Waals surface area contributed by atoms with E-state index in [-0.39, 0.29) is 18.4 Å². The van der Waals surface area contributed by atoms with Crippen LogP contribution in [0.25, 0.3) is 0 Å². The van der Waals surface area contributed by atoms with Crippen LogP contribution in [0, 0.1) is 0 Å². The third-order valence-corrected chi connectivity index (χ3v) is 2.63. The van der Waals surface area contributed by atoms with E-state index in [0.29, 0.717) is 6.42 Å². The number of carbonyl (C=O) groups is 3. The maximum absolute atomic E-state index is 12.0. The van der Waals surface area contributed by atoms with Crippen molar-refractivity contribution in [2.24, 2.45) is 0 Å². The van der Waals surface area contributed by atoms with Crippen LogP contribution in [0.3, 0.4) is 0 Å². The zero-order valence-electron chi connectivity index (χ0n) is 11.7. The number of carboxylic acid groups (broad SMARTS) is 1. The summed E-state index contributed by atoms with van der Waals surface area (Å²) in [5.41, 5.74) is 0.924. The van der Waals surface area contributed by atoms with Crippen LogP contribution in [0.15, 0.2) is 42.5 Å². The second-order valence-electron chi connectivity index (χ2n) is 4.43. The van der Waals surface area contributed by atoms with E-state index < -0.39 is 12.0 Å². The zero-order valence-corrected chi connectivity index (χ0v) is 11.7. The van der Waals surface area contributed by atoms with Crippen molar-refractivity contribution in [1.82, 2.24) is 10.6 Å². The molecule has 0 saturated heterocycles. The van der Waals surface area contributed by atoms with Crippen LogP contribution in [0.5, 0.6) is 0 Å². The van der Waals surface area contributed by atoms with Crippen molar-refractivity contribution >= 4 is 17.8 Å². The fourth-order valence-corrected chi connectivity index (χ4v) is 1.75. The van der Waals surface area contributed by atoms with Crippen molar-refractivity contribution in [1.29, 1.82) is 0 Å². The van der Waals surface area contributed by atoms with Gasteiger partial charge in [0.05, 0.1) is 0 Å². The number of amides is 2. The Labute approximate surface area is 122 Å². The highest BCUT2D eigenvalue weighted by atomic mass is 16.4. The second kappa shape index (κ2) is 8.52. The van der Waals surface area contributed by atoms with E-state index in [4.69, 9.17) is 5.11 Å². The van der Waals surface area contributed by atoms with Gasteiger partial charge in [-0.25, -0.2) is 4.79 Å². The van der Waals surface area contributed by atoms with Gasteiger partial charge in [-0.2, -0.15) is 0 Å². The average molecular weight is 290 g/mol. The molecule has 1 aromatic rings. The Morgan fingerprint density at radius 1 is 1.24 bits per heavy atom. The van der Waals surface area contributed by atoms with Crippen LogP contribution >= 0.6 is 0 Å². The molecule has 0 aliphatic carbocycles. The van der Waals surface area contributed by atoms with Gasteiger partial charge in [0, 0.05) is 26.0 Å². The SMILES string of the molecule is CC(=O)NC(Cc1ccccc1)C(=O)NC/C=C/C(=O)O. The fraction of sp³-hybridized carbons (Fsp3) is 0.267. The summed E-state index contributed by atoms with van der Waals surface area (Å²) in [6, 6.07) is 8.62. The van der Waals surface area contributed by atoms with E-state index in [0.717, 1.165) is 11.6 Å². The number of hydrogen-bond acceptors (Lipinski definition) is 3. The van der Waals surface area contributed by atoms with Gasteiger partial charge in [-0.3, -0.25) is 9.59 Å². The van der Waals surface area contributed by atoms with Gasteiger partial charge < -0.3 is 15.7 Å². The molecule has 0 bridgehead atoms. The average Bonchev–Trinajstić information content (AvgIpc) is 2.43. The summed E-state index contributed by atoms with van der Waals surface area (Å²) in [5, 5.41) is 13.6. The lowest BCUT2D eigenvalue weighted by Crippen LogP contribution is -2.47. The largest absolute Gasteiger partial charge is 0.478 e. The molecule has 0 heterocycles. The summed E-state index contributed by atoms with van der Waals surface area (Å²) in [6.45, 7) is 1.44. The van der Waals surface area contributed by atoms with Gasteiger partial charge >= 0.3 is 5.97 Å². The third kappa shape index (κ3) is 6.91. The molecule has 6 nitrogen and oxygen atoms in total. The van der Waals surface area contributed by atoms with Gasteiger partial charge in [-0.1, -0.05) is 36.4 Å². The minimum absolute atomic E-state index is 0.0933. The van der Waals surface area contributed by atoms with E-state index >= 15 is 0 Å². The first-order valence-corrected chi connectivity index (χ1v) is 6.47. The summed E-state index contributed by atoms with van der Waals surface area (Å²) < 4.78 is 0. The Morgan fingerprint density at radius 2 is 1.90 bits per heavy atom. The maximum atomic E-state index is 12.0. The predicted octanol–water partition coefficient (Wildman–Crippen LogP) is 0.491. The maximum Gasteiger partial charge on any atom is 0.328 e. The summed E-state index contributed by atoms with van der Waals surface area (Å²) in [6.07, 6.45) is 2.65. The second-order valence-corrected chi connectivity index (χ2v) is 4.43. The molecular formula is C15H18N2O4. The molecule has 0 aromatic heterocycles. The number of carboxylic acids is 1. The van der Waals surface area contributed by atoms with Crippen molar-refractivity contribution in [3.05, 3.63) is 48.0 Å². The summed E-state index contributed by atoms with van der Waals surface area (Å²) in [4.78, 5) is 33.5. The standard InChI is InChI=1S/C15H18N2O4/c1-11(18)17-13(10-12-6-3-2-4-7-12)15(21)16-9-5-8-14(19)20/h2-8,13H,9-10H2,1H3,(H,16,21)(H,17,18)(H,19,20)/b8-5+. The third-order valence-electron chi connectivity index (χ3n) is 2.63. The van der Waals surface area contributed by atoms with Gasteiger partial charge in [0.15, 0.2) is 0 Å². The topological polar surface area (TPSA) is 95.5 Å². The lowest BCUT2D eigenvalue weighted by Gasteiger charge is -2.17. The number of rotatable bonds is 7. The van der Waals surface area contributed by atoms with Gasteiger partial charge in [0.1, 0.15) is 6.04 Å². The highest BCUT2D eigenvalue weighted by Crippen LogP contribution is 2.03. The zero-order chi connectivity index (χ0) is 15.7. The molecule has 0 saturated carbocycles.